The fraction of sp³-hybridized carbons (Fsp3) is 0.154. The van der Waals surface area contributed by atoms with Crippen molar-refractivity contribution in [1.29, 1.82) is 0 Å². The Morgan fingerprint density at radius 3 is 2.65 bits per heavy atom. The molecule has 0 saturated carbocycles. The maximum absolute atomic E-state index is 11.6. The number of benzene rings is 1. The van der Waals surface area contributed by atoms with Crippen molar-refractivity contribution in [1.82, 2.24) is 4.57 Å². The molecule has 2 aromatic rings. The van der Waals surface area contributed by atoms with Crippen molar-refractivity contribution in [2.45, 2.75) is 13.5 Å². The molecule has 4 heteroatoms. The van der Waals surface area contributed by atoms with E-state index in [1.165, 1.54) is 0 Å². The summed E-state index contributed by atoms with van der Waals surface area (Å²) in [4.78, 5) is 11.6. The van der Waals surface area contributed by atoms with Crippen molar-refractivity contribution >= 4 is 23.2 Å². The number of rotatable bonds is 2. The van der Waals surface area contributed by atoms with Crippen molar-refractivity contribution in [3.05, 3.63) is 68.1 Å². The lowest BCUT2D eigenvalue weighted by Gasteiger charge is -2.08. The molecule has 17 heavy (non-hydrogen) atoms. The lowest BCUT2D eigenvalue weighted by atomic mass is 10.2. The smallest absolute Gasteiger partial charge is 0.250 e. The van der Waals surface area contributed by atoms with Gasteiger partial charge in [-0.1, -0.05) is 35.3 Å². The third-order valence-corrected chi connectivity index (χ3v) is 3.07. The second-order valence-corrected chi connectivity index (χ2v) is 4.75. The van der Waals surface area contributed by atoms with Gasteiger partial charge in [0.1, 0.15) is 0 Å². The Bertz CT molecular complexity index is 605. The molecule has 0 aliphatic heterocycles. The zero-order valence-electron chi connectivity index (χ0n) is 9.28. The van der Waals surface area contributed by atoms with Crippen molar-refractivity contribution in [3.63, 3.8) is 0 Å². The number of pyridine rings is 1. The van der Waals surface area contributed by atoms with Crippen LogP contribution in [0, 0.1) is 6.92 Å². The molecule has 2 rings (SSSR count). The Morgan fingerprint density at radius 1 is 1.18 bits per heavy atom. The molecule has 1 aromatic carbocycles. The molecular formula is C13H11Cl2NO. The van der Waals surface area contributed by atoms with Crippen LogP contribution in [0.3, 0.4) is 0 Å². The lowest BCUT2D eigenvalue weighted by molar-refractivity contribution is 0.754. The predicted molar refractivity (Wildman–Crippen MR) is 71.0 cm³/mol. The molecule has 0 spiro atoms. The van der Waals surface area contributed by atoms with Gasteiger partial charge in [-0.25, -0.2) is 0 Å². The molecule has 0 N–H and O–H groups in total. The Kier molecular flexibility index (Phi) is 3.55. The lowest BCUT2D eigenvalue weighted by Crippen LogP contribution is -2.19. The van der Waals surface area contributed by atoms with E-state index in [4.69, 9.17) is 23.2 Å². The quantitative estimate of drug-likeness (QED) is 0.816. The van der Waals surface area contributed by atoms with Gasteiger partial charge in [-0.2, -0.15) is 0 Å². The zero-order valence-corrected chi connectivity index (χ0v) is 10.8. The van der Waals surface area contributed by atoms with Gasteiger partial charge in [0.2, 0.25) is 0 Å². The summed E-state index contributed by atoms with van der Waals surface area (Å²) in [6, 6.07) is 8.63. The van der Waals surface area contributed by atoms with E-state index in [-0.39, 0.29) is 5.56 Å². The van der Waals surface area contributed by atoms with E-state index < -0.39 is 0 Å². The van der Waals surface area contributed by atoms with Crippen LogP contribution in [0.25, 0.3) is 0 Å². The van der Waals surface area contributed by atoms with Crippen molar-refractivity contribution in [2.75, 3.05) is 0 Å². The van der Waals surface area contributed by atoms with Crippen LogP contribution in [0.5, 0.6) is 0 Å². The largest absolute Gasteiger partial charge is 0.311 e. The van der Waals surface area contributed by atoms with Gasteiger partial charge in [0, 0.05) is 22.3 Å². The molecule has 88 valence electrons. The molecule has 1 aromatic heterocycles. The molecule has 0 aliphatic rings. The van der Waals surface area contributed by atoms with Crippen molar-refractivity contribution in [3.8, 4) is 0 Å². The van der Waals surface area contributed by atoms with E-state index in [2.05, 4.69) is 0 Å². The normalized spacial score (nSPS) is 10.5. The van der Waals surface area contributed by atoms with Crippen LogP contribution in [0.15, 0.2) is 41.3 Å². The van der Waals surface area contributed by atoms with Gasteiger partial charge in [0.15, 0.2) is 0 Å². The minimum Gasteiger partial charge on any atom is -0.311 e. The SMILES string of the molecule is Cc1ccc(=O)n(Cc2ccc(Cl)cc2Cl)c1. The number of hydrogen-bond acceptors (Lipinski definition) is 1. The van der Waals surface area contributed by atoms with Gasteiger partial charge < -0.3 is 4.57 Å². The number of hydrogen-bond donors (Lipinski definition) is 0. The van der Waals surface area contributed by atoms with Gasteiger partial charge in [-0.05, 0) is 30.2 Å². The van der Waals surface area contributed by atoms with Gasteiger partial charge in [-0.3, -0.25) is 4.79 Å². The summed E-state index contributed by atoms with van der Waals surface area (Å²) in [6.07, 6.45) is 1.81. The second-order valence-electron chi connectivity index (χ2n) is 3.91. The molecule has 0 radical (unpaired) electrons. The summed E-state index contributed by atoms with van der Waals surface area (Å²) in [5.74, 6) is 0. The highest BCUT2D eigenvalue weighted by molar-refractivity contribution is 6.35. The Morgan fingerprint density at radius 2 is 1.94 bits per heavy atom. The average Bonchev–Trinajstić information content (AvgIpc) is 2.27. The molecule has 0 saturated heterocycles. The number of nitrogens with zero attached hydrogens (tertiary/aromatic N) is 1. The number of aromatic nitrogens is 1. The minimum absolute atomic E-state index is 0.0402. The molecule has 0 aliphatic carbocycles. The van der Waals surface area contributed by atoms with E-state index in [1.807, 2.05) is 19.2 Å². The maximum Gasteiger partial charge on any atom is 0.250 e. The van der Waals surface area contributed by atoms with Crippen LogP contribution < -0.4 is 5.56 Å². The minimum atomic E-state index is -0.0402. The summed E-state index contributed by atoms with van der Waals surface area (Å²) < 4.78 is 1.63. The van der Waals surface area contributed by atoms with E-state index in [1.54, 1.807) is 28.8 Å². The zero-order chi connectivity index (χ0) is 12.4. The third kappa shape index (κ3) is 2.90. The summed E-state index contributed by atoms with van der Waals surface area (Å²) >= 11 is 11.9. The standard InChI is InChI=1S/C13H11Cl2NO/c1-9-2-5-13(17)16(7-9)8-10-3-4-11(14)6-12(10)15/h2-7H,8H2,1H3. The molecule has 0 amide bonds. The number of aryl methyl sites for hydroxylation is 1. The van der Waals surface area contributed by atoms with Gasteiger partial charge >= 0.3 is 0 Å². The van der Waals surface area contributed by atoms with Crippen LogP contribution >= 0.6 is 23.2 Å². The highest BCUT2D eigenvalue weighted by Gasteiger charge is 2.03. The average molecular weight is 268 g/mol. The van der Waals surface area contributed by atoms with E-state index >= 15 is 0 Å². The summed E-state index contributed by atoms with van der Waals surface area (Å²) in [5, 5.41) is 1.17. The Labute approximate surface area is 109 Å². The summed E-state index contributed by atoms with van der Waals surface area (Å²) in [5.41, 5.74) is 1.88. The van der Waals surface area contributed by atoms with E-state index in [9.17, 15) is 4.79 Å². The van der Waals surface area contributed by atoms with Crippen LogP contribution in [0.4, 0.5) is 0 Å². The third-order valence-electron chi connectivity index (χ3n) is 2.49. The molecule has 0 unspecified atom stereocenters. The Balaban J connectivity index is 2.38. The highest BCUT2D eigenvalue weighted by Crippen LogP contribution is 2.21. The molecule has 0 fully saturated rings. The van der Waals surface area contributed by atoms with Crippen LogP contribution in [-0.4, -0.2) is 4.57 Å². The maximum atomic E-state index is 11.6. The second kappa shape index (κ2) is 4.94. The predicted octanol–water partition coefficient (Wildman–Crippen LogP) is 3.51. The van der Waals surface area contributed by atoms with Crippen LogP contribution in [0.1, 0.15) is 11.1 Å². The number of halogens is 2. The molecule has 0 atom stereocenters. The summed E-state index contributed by atoms with van der Waals surface area (Å²) in [6.45, 7) is 2.40. The Hall–Kier alpha value is -1.25. The van der Waals surface area contributed by atoms with Crippen molar-refractivity contribution < 1.29 is 0 Å². The van der Waals surface area contributed by atoms with Gasteiger partial charge in [0.05, 0.1) is 6.54 Å². The first-order valence-corrected chi connectivity index (χ1v) is 5.93. The van der Waals surface area contributed by atoms with Gasteiger partial charge in [-0.15, -0.1) is 0 Å². The topological polar surface area (TPSA) is 22.0 Å². The van der Waals surface area contributed by atoms with Crippen molar-refractivity contribution in [2.24, 2.45) is 0 Å². The monoisotopic (exact) mass is 267 g/mol. The fourth-order valence-electron chi connectivity index (χ4n) is 1.61. The van der Waals surface area contributed by atoms with Crippen LogP contribution in [-0.2, 0) is 6.54 Å². The first kappa shape index (κ1) is 12.2. The van der Waals surface area contributed by atoms with Gasteiger partial charge in [0.25, 0.3) is 5.56 Å². The van der Waals surface area contributed by atoms with E-state index in [0.717, 1.165) is 11.1 Å². The highest BCUT2D eigenvalue weighted by atomic mass is 35.5. The molecule has 2 nitrogen and oxygen atoms in total. The molecular weight excluding hydrogens is 257 g/mol. The van der Waals surface area contributed by atoms with E-state index in [0.29, 0.717) is 16.6 Å². The molecule has 0 bridgehead atoms. The fourth-order valence-corrected chi connectivity index (χ4v) is 2.08. The first-order chi connectivity index (χ1) is 8.06. The summed E-state index contributed by atoms with van der Waals surface area (Å²) in [7, 11) is 0. The van der Waals surface area contributed by atoms with Crippen LogP contribution in [0.2, 0.25) is 10.0 Å². The first-order valence-electron chi connectivity index (χ1n) is 5.17. The molecule has 1 heterocycles.